The third-order valence-electron chi connectivity index (χ3n) is 5.17. The van der Waals surface area contributed by atoms with Crippen LogP contribution in [0.2, 0.25) is 0 Å². The number of hydrogen-bond acceptors (Lipinski definition) is 5. The van der Waals surface area contributed by atoms with E-state index in [2.05, 4.69) is 20.2 Å². The van der Waals surface area contributed by atoms with Gasteiger partial charge in [0.05, 0.1) is 11.7 Å². The number of piperidine rings is 1. The van der Waals surface area contributed by atoms with Crippen molar-refractivity contribution in [3.8, 4) is 0 Å². The summed E-state index contributed by atoms with van der Waals surface area (Å²) in [4.78, 5) is 35.0. The van der Waals surface area contributed by atoms with Crippen LogP contribution < -0.4 is 10.2 Å². The topological polar surface area (TPSA) is 87.3 Å². The van der Waals surface area contributed by atoms with E-state index in [0.29, 0.717) is 29.1 Å². The molecule has 29 heavy (non-hydrogen) atoms. The summed E-state index contributed by atoms with van der Waals surface area (Å²) in [5, 5.41) is 2.97. The number of amides is 1. The second-order valence-electron chi connectivity index (χ2n) is 7.80. The van der Waals surface area contributed by atoms with Crippen molar-refractivity contribution in [2.75, 3.05) is 18.0 Å². The van der Waals surface area contributed by atoms with Gasteiger partial charge in [0.15, 0.2) is 0 Å². The Bertz CT molecular complexity index is 882. The largest absolute Gasteiger partial charge is 0.459 e. The zero-order chi connectivity index (χ0) is 21.0. The van der Waals surface area contributed by atoms with E-state index in [-0.39, 0.29) is 12.0 Å². The number of nitrogens with one attached hydrogen (secondary N) is 2. The third-order valence-corrected chi connectivity index (χ3v) is 5.17. The summed E-state index contributed by atoms with van der Waals surface area (Å²) in [5.74, 6) is 0.278. The Morgan fingerprint density at radius 2 is 1.97 bits per heavy atom. The molecule has 3 rings (SSSR count). The van der Waals surface area contributed by atoms with Crippen LogP contribution in [0.15, 0.2) is 18.3 Å². The first-order valence-electron chi connectivity index (χ1n) is 10.3. The fourth-order valence-corrected chi connectivity index (χ4v) is 3.78. The molecule has 0 saturated carbocycles. The summed E-state index contributed by atoms with van der Waals surface area (Å²) in [7, 11) is 0. The maximum absolute atomic E-state index is 12.8. The van der Waals surface area contributed by atoms with Gasteiger partial charge >= 0.3 is 5.97 Å². The van der Waals surface area contributed by atoms with Crippen LogP contribution in [0.5, 0.6) is 0 Å². The molecule has 3 heterocycles. The number of nitrogens with zero attached hydrogens (tertiary/aromatic N) is 2. The van der Waals surface area contributed by atoms with Gasteiger partial charge in [-0.3, -0.25) is 4.79 Å². The average molecular weight is 399 g/mol. The van der Waals surface area contributed by atoms with Crippen molar-refractivity contribution >= 4 is 17.7 Å². The quantitative estimate of drug-likeness (QED) is 0.727. The molecule has 156 valence electrons. The molecule has 1 amide bonds. The van der Waals surface area contributed by atoms with Crippen LogP contribution in [0.3, 0.4) is 0 Å². The molecule has 0 spiro atoms. The van der Waals surface area contributed by atoms with E-state index >= 15 is 0 Å². The van der Waals surface area contributed by atoms with Crippen molar-refractivity contribution in [3.05, 3.63) is 46.4 Å². The zero-order valence-corrected chi connectivity index (χ0v) is 17.7. The highest BCUT2D eigenvalue weighted by Gasteiger charge is 2.24. The van der Waals surface area contributed by atoms with Gasteiger partial charge in [0.25, 0.3) is 5.91 Å². The molecular formula is C22H30N4O3. The standard InChI is InChI=1S/C22H30N4O3/c1-14(2)29-22(28)18-15(3)19(25-16(18)4)21(27)24-13-17-9-8-10-23-20(17)26-11-6-5-7-12-26/h8-10,14,25H,5-7,11-13H2,1-4H3,(H,24,27). The Kier molecular flexibility index (Phi) is 6.56. The number of H-pyrrole nitrogens is 1. The van der Waals surface area contributed by atoms with Crippen molar-refractivity contribution in [2.45, 2.75) is 59.6 Å². The van der Waals surface area contributed by atoms with E-state index < -0.39 is 5.97 Å². The first-order chi connectivity index (χ1) is 13.9. The fourth-order valence-electron chi connectivity index (χ4n) is 3.78. The molecule has 7 nitrogen and oxygen atoms in total. The molecule has 0 aromatic carbocycles. The van der Waals surface area contributed by atoms with Crippen molar-refractivity contribution < 1.29 is 14.3 Å². The second kappa shape index (κ2) is 9.11. The number of carbonyl (C=O) groups excluding carboxylic acids is 2. The highest BCUT2D eigenvalue weighted by molar-refractivity contribution is 6.00. The number of pyridine rings is 1. The van der Waals surface area contributed by atoms with Crippen LogP contribution in [0.1, 0.15) is 70.8 Å². The minimum absolute atomic E-state index is 0.215. The number of anilines is 1. The van der Waals surface area contributed by atoms with E-state index in [1.807, 2.05) is 12.1 Å². The van der Waals surface area contributed by atoms with Crippen LogP contribution >= 0.6 is 0 Å². The van der Waals surface area contributed by atoms with Gasteiger partial charge in [-0.25, -0.2) is 9.78 Å². The minimum atomic E-state index is -0.412. The van der Waals surface area contributed by atoms with Crippen LogP contribution in [0.4, 0.5) is 5.82 Å². The first-order valence-corrected chi connectivity index (χ1v) is 10.3. The Hall–Kier alpha value is -2.83. The molecule has 1 fully saturated rings. The number of ether oxygens (including phenoxy) is 1. The van der Waals surface area contributed by atoms with Crippen molar-refractivity contribution in [2.24, 2.45) is 0 Å². The highest BCUT2D eigenvalue weighted by Crippen LogP contribution is 2.23. The Morgan fingerprint density at radius 1 is 1.24 bits per heavy atom. The van der Waals surface area contributed by atoms with Gasteiger partial charge in [0, 0.05) is 37.1 Å². The van der Waals surface area contributed by atoms with Crippen LogP contribution in [-0.2, 0) is 11.3 Å². The molecule has 0 aliphatic carbocycles. The molecule has 2 N–H and O–H groups in total. The number of rotatable bonds is 6. The summed E-state index contributed by atoms with van der Waals surface area (Å²) < 4.78 is 5.30. The average Bonchev–Trinajstić information content (AvgIpc) is 3.00. The van der Waals surface area contributed by atoms with Gasteiger partial charge in [-0.05, 0) is 58.6 Å². The summed E-state index contributed by atoms with van der Waals surface area (Å²) >= 11 is 0. The number of esters is 1. The minimum Gasteiger partial charge on any atom is -0.459 e. The summed E-state index contributed by atoms with van der Waals surface area (Å²) in [5.41, 5.74) is 3.05. The Morgan fingerprint density at radius 3 is 2.66 bits per heavy atom. The highest BCUT2D eigenvalue weighted by atomic mass is 16.5. The molecule has 1 saturated heterocycles. The number of aromatic nitrogens is 2. The maximum atomic E-state index is 12.8. The predicted molar refractivity (Wildman–Crippen MR) is 112 cm³/mol. The fraction of sp³-hybridized carbons (Fsp3) is 0.500. The molecule has 0 unspecified atom stereocenters. The van der Waals surface area contributed by atoms with Gasteiger partial charge < -0.3 is 19.9 Å². The lowest BCUT2D eigenvalue weighted by Crippen LogP contribution is -2.32. The van der Waals surface area contributed by atoms with E-state index in [1.54, 1.807) is 33.9 Å². The van der Waals surface area contributed by atoms with Gasteiger partial charge in [0.1, 0.15) is 11.5 Å². The normalized spacial score (nSPS) is 14.2. The second-order valence-corrected chi connectivity index (χ2v) is 7.80. The monoisotopic (exact) mass is 398 g/mol. The van der Waals surface area contributed by atoms with Gasteiger partial charge in [0.2, 0.25) is 0 Å². The van der Waals surface area contributed by atoms with Gasteiger partial charge in [-0.15, -0.1) is 0 Å². The van der Waals surface area contributed by atoms with Crippen molar-refractivity contribution in [1.29, 1.82) is 0 Å². The lowest BCUT2D eigenvalue weighted by molar-refractivity contribution is 0.0376. The molecule has 7 heteroatoms. The number of hydrogen-bond donors (Lipinski definition) is 2. The van der Waals surface area contributed by atoms with E-state index in [4.69, 9.17) is 4.74 Å². The van der Waals surface area contributed by atoms with Crippen LogP contribution in [0, 0.1) is 13.8 Å². The summed E-state index contributed by atoms with van der Waals surface area (Å²) in [6.07, 6.45) is 5.16. The molecule has 1 aliphatic heterocycles. The molecule has 2 aromatic heterocycles. The van der Waals surface area contributed by atoms with Crippen molar-refractivity contribution in [3.63, 3.8) is 0 Å². The smallest absolute Gasteiger partial charge is 0.340 e. The van der Waals surface area contributed by atoms with Crippen LogP contribution in [0.25, 0.3) is 0 Å². The molecule has 0 atom stereocenters. The first kappa shape index (κ1) is 20.9. The molecular weight excluding hydrogens is 368 g/mol. The SMILES string of the molecule is Cc1[nH]c(C(=O)NCc2cccnc2N2CCCCC2)c(C)c1C(=O)OC(C)C. The Balaban J connectivity index is 1.73. The zero-order valence-electron chi connectivity index (χ0n) is 17.7. The van der Waals surface area contributed by atoms with E-state index in [0.717, 1.165) is 24.5 Å². The number of aromatic amines is 1. The van der Waals surface area contributed by atoms with E-state index in [1.165, 1.54) is 19.3 Å². The van der Waals surface area contributed by atoms with Crippen LogP contribution in [-0.4, -0.2) is 41.0 Å². The molecule has 0 bridgehead atoms. The lowest BCUT2D eigenvalue weighted by atomic mass is 10.1. The molecule has 0 radical (unpaired) electrons. The maximum Gasteiger partial charge on any atom is 0.340 e. The Labute approximate surface area is 171 Å². The molecule has 2 aromatic rings. The molecule has 1 aliphatic rings. The van der Waals surface area contributed by atoms with Crippen molar-refractivity contribution in [1.82, 2.24) is 15.3 Å². The van der Waals surface area contributed by atoms with Gasteiger partial charge in [-0.2, -0.15) is 0 Å². The lowest BCUT2D eigenvalue weighted by Gasteiger charge is -2.29. The predicted octanol–water partition coefficient (Wildman–Crippen LogP) is 3.51. The number of aryl methyl sites for hydroxylation is 1. The summed E-state index contributed by atoms with van der Waals surface area (Å²) in [6, 6.07) is 3.88. The van der Waals surface area contributed by atoms with Gasteiger partial charge in [-0.1, -0.05) is 6.07 Å². The number of carbonyl (C=O) groups is 2. The third kappa shape index (κ3) is 4.78. The van der Waals surface area contributed by atoms with E-state index in [9.17, 15) is 9.59 Å². The summed E-state index contributed by atoms with van der Waals surface area (Å²) in [6.45, 7) is 9.51.